The van der Waals surface area contributed by atoms with Crippen LogP contribution < -0.4 is 19.3 Å². The van der Waals surface area contributed by atoms with Crippen molar-refractivity contribution in [3.8, 4) is 11.5 Å². The quantitative estimate of drug-likeness (QED) is 0.394. The third-order valence-corrected chi connectivity index (χ3v) is 7.16. The molecule has 188 valence electrons. The molecular formula is C31H30N2O4. The minimum atomic E-state index is -0.00984. The second-order valence-corrected chi connectivity index (χ2v) is 9.58. The fourth-order valence-corrected chi connectivity index (χ4v) is 5.15. The Bertz CT molecular complexity index is 1280. The fourth-order valence-electron chi connectivity index (χ4n) is 5.15. The zero-order chi connectivity index (χ0) is 25.2. The van der Waals surface area contributed by atoms with E-state index in [2.05, 4.69) is 70.5 Å². The van der Waals surface area contributed by atoms with Gasteiger partial charge in [0, 0.05) is 46.7 Å². The minimum Gasteiger partial charge on any atom is -0.472 e. The van der Waals surface area contributed by atoms with E-state index in [4.69, 9.17) is 9.47 Å². The Labute approximate surface area is 216 Å². The van der Waals surface area contributed by atoms with Crippen molar-refractivity contribution in [3.05, 3.63) is 118 Å². The molecule has 37 heavy (non-hydrogen) atoms. The summed E-state index contributed by atoms with van der Waals surface area (Å²) in [6, 6.07) is 29.2. The topological polar surface area (TPSA) is 65.4 Å². The summed E-state index contributed by atoms with van der Waals surface area (Å²) in [5.74, 6) is 1.63. The number of hydrogen-bond donors (Lipinski definition) is 2. The first kappa shape index (κ1) is 23.4. The van der Waals surface area contributed by atoms with Crippen LogP contribution >= 0.6 is 0 Å². The second kappa shape index (κ2) is 10.2. The number of ether oxygens (including phenoxy) is 2. The maximum Gasteiger partial charge on any atom is 0.161 e. The Morgan fingerprint density at radius 1 is 0.568 bits per heavy atom. The number of hydrogen-bond acceptors (Lipinski definition) is 6. The maximum atomic E-state index is 9.55. The van der Waals surface area contributed by atoms with E-state index < -0.39 is 0 Å². The van der Waals surface area contributed by atoms with Crippen LogP contribution in [0, 0.1) is 0 Å². The van der Waals surface area contributed by atoms with E-state index in [1.54, 1.807) is 0 Å². The van der Waals surface area contributed by atoms with Crippen molar-refractivity contribution in [2.24, 2.45) is 0 Å². The fraction of sp³-hybridized carbons (Fsp3) is 0.226. The van der Waals surface area contributed by atoms with Gasteiger partial charge in [0.2, 0.25) is 0 Å². The van der Waals surface area contributed by atoms with Gasteiger partial charge in [-0.05, 0) is 41.8 Å². The molecule has 6 rings (SSSR count). The van der Waals surface area contributed by atoms with E-state index in [0.29, 0.717) is 13.5 Å². The van der Waals surface area contributed by atoms with E-state index in [9.17, 15) is 10.2 Å². The molecule has 0 aromatic heterocycles. The number of anilines is 2. The highest BCUT2D eigenvalue weighted by atomic mass is 16.5. The minimum absolute atomic E-state index is 0.00984. The van der Waals surface area contributed by atoms with Crippen LogP contribution in [-0.2, 0) is 32.7 Å². The number of rotatable bonds is 6. The molecule has 4 aromatic carbocycles. The first-order valence-corrected chi connectivity index (χ1v) is 12.6. The van der Waals surface area contributed by atoms with Gasteiger partial charge in [0.15, 0.2) is 13.5 Å². The predicted molar refractivity (Wildman–Crippen MR) is 144 cm³/mol. The van der Waals surface area contributed by atoms with Crippen molar-refractivity contribution in [3.63, 3.8) is 0 Å². The van der Waals surface area contributed by atoms with Crippen LogP contribution in [0.25, 0.3) is 0 Å². The molecule has 0 fully saturated rings. The normalized spacial score (nSPS) is 14.4. The molecule has 2 aliphatic heterocycles. The summed E-state index contributed by atoms with van der Waals surface area (Å²) in [4.78, 5) is 4.40. The lowest BCUT2D eigenvalue weighted by Gasteiger charge is -2.32. The van der Waals surface area contributed by atoms with Gasteiger partial charge in [-0.15, -0.1) is 0 Å². The summed E-state index contributed by atoms with van der Waals surface area (Å²) < 4.78 is 11.9. The third kappa shape index (κ3) is 4.73. The summed E-state index contributed by atoms with van der Waals surface area (Å²) in [5.41, 5.74) is 8.62. The van der Waals surface area contributed by atoms with E-state index in [1.807, 2.05) is 24.3 Å². The third-order valence-electron chi connectivity index (χ3n) is 7.16. The maximum absolute atomic E-state index is 9.55. The van der Waals surface area contributed by atoms with Crippen molar-refractivity contribution in [2.45, 2.75) is 32.7 Å². The summed E-state index contributed by atoms with van der Waals surface area (Å²) in [6.07, 6.45) is 0.860. The highest BCUT2D eigenvalue weighted by Gasteiger charge is 2.21. The van der Waals surface area contributed by atoms with Gasteiger partial charge >= 0.3 is 0 Å². The molecule has 2 N–H and O–H groups in total. The SMILES string of the molecule is OCc1cccc2c1OCN(c1ccc(Cc3ccc(N4COc5c(CO)cccc5C4)cc3)cc1)C2. The van der Waals surface area contributed by atoms with Gasteiger partial charge in [-0.1, -0.05) is 60.7 Å². The number of benzene rings is 4. The largest absolute Gasteiger partial charge is 0.472 e. The van der Waals surface area contributed by atoms with Crippen LogP contribution in [0.4, 0.5) is 11.4 Å². The lowest BCUT2D eigenvalue weighted by Crippen LogP contribution is -2.32. The number of fused-ring (bicyclic) bond motifs is 2. The van der Waals surface area contributed by atoms with Crippen LogP contribution in [0.2, 0.25) is 0 Å². The summed E-state index contributed by atoms with van der Waals surface area (Å²) in [7, 11) is 0. The predicted octanol–water partition coefficient (Wildman–Crippen LogP) is 4.98. The first-order chi connectivity index (χ1) is 18.2. The molecule has 2 heterocycles. The van der Waals surface area contributed by atoms with Crippen LogP contribution in [-0.4, -0.2) is 23.7 Å². The molecular weight excluding hydrogens is 464 g/mol. The number of aliphatic hydroxyl groups is 2. The van der Waals surface area contributed by atoms with Gasteiger partial charge in [-0.25, -0.2) is 0 Å². The Morgan fingerprint density at radius 3 is 1.41 bits per heavy atom. The number of nitrogens with zero attached hydrogens (tertiary/aromatic N) is 2. The van der Waals surface area contributed by atoms with Crippen molar-refractivity contribution in [1.29, 1.82) is 0 Å². The number of para-hydroxylation sites is 2. The Balaban J connectivity index is 1.09. The standard InChI is InChI=1S/C31H30N2O4/c34-18-26-5-1-3-24-16-32(20-36-30(24)26)28-11-7-22(8-12-28)15-23-9-13-29(14-10-23)33-17-25-4-2-6-27(19-35)31(25)37-21-33/h1-14,34-35H,15-21H2. The van der Waals surface area contributed by atoms with E-state index in [-0.39, 0.29) is 13.2 Å². The molecule has 0 aliphatic carbocycles. The summed E-state index contributed by atoms with van der Waals surface area (Å²) in [6.45, 7) is 2.44. The second-order valence-electron chi connectivity index (χ2n) is 9.58. The first-order valence-electron chi connectivity index (χ1n) is 12.6. The van der Waals surface area contributed by atoms with Gasteiger partial charge < -0.3 is 29.5 Å². The summed E-state index contributed by atoms with van der Waals surface area (Å²) >= 11 is 0. The van der Waals surface area contributed by atoms with Gasteiger partial charge in [0.25, 0.3) is 0 Å². The highest BCUT2D eigenvalue weighted by molar-refractivity contribution is 5.54. The zero-order valence-electron chi connectivity index (χ0n) is 20.6. The number of aliphatic hydroxyl groups excluding tert-OH is 2. The van der Waals surface area contributed by atoms with Gasteiger partial charge in [-0.2, -0.15) is 0 Å². The average molecular weight is 495 g/mol. The van der Waals surface area contributed by atoms with Crippen LogP contribution in [0.5, 0.6) is 11.5 Å². The van der Waals surface area contributed by atoms with Gasteiger partial charge in [0.1, 0.15) is 11.5 Å². The lowest BCUT2D eigenvalue weighted by atomic mass is 10.0. The van der Waals surface area contributed by atoms with Gasteiger partial charge in [-0.3, -0.25) is 0 Å². The molecule has 6 heteroatoms. The molecule has 2 aliphatic rings. The molecule has 0 saturated heterocycles. The highest BCUT2D eigenvalue weighted by Crippen LogP contribution is 2.33. The molecule has 0 atom stereocenters. The monoisotopic (exact) mass is 494 g/mol. The Hall–Kier alpha value is -4.00. The van der Waals surface area contributed by atoms with E-state index in [1.165, 1.54) is 11.1 Å². The molecule has 0 amide bonds. The van der Waals surface area contributed by atoms with Gasteiger partial charge in [0.05, 0.1) is 13.2 Å². The lowest BCUT2D eigenvalue weighted by molar-refractivity contribution is 0.252. The molecule has 0 unspecified atom stereocenters. The van der Waals surface area contributed by atoms with Crippen molar-refractivity contribution < 1.29 is 19.7 Å². The Kier molecular flexibility index (Phi) is 6.43. The summed E-state index contributed by atoms with van der Waals surface area (Å²) in [5, 5.41) is 19.1. The van der Waals surface area contributed by atoms with Crippen molar-refractivity contribution in [2.75, 3.05) is 23.3 Å². The molecule has 0 radical (unpaired) electrons. The molecule has 6 nitrogen and oxygen atoms in total. The van der Waals surface area contributed by atoms with Crippen molar-refractivity contribution in [1.82, 2.24) is 0 Å². The van der Waals surface area contributed by atoms with Crippen LogP contribution in [0.1, 0.15) is 33.4 Å². The molecule has 0 spiro atoms. The average Bonchev–Trinajstić information content (AvgIpc) is 2.96. The van der Waals surface area contributed by atoms with E-state index >= 15 is 0 Å². The smallest absolute Gasteiger partial charge is 0.161 e. The van der Waals surface area contributed by atoms with E-state index in [0.717, 1.165) is 64.6 Å². The van der Waals surface area contributed by atoms with Crippen LogP contribution in [0.15, 0.2) is 84.9 Å². The molecule has 0 bridgehead atoms. The zero-order valence-corrected chi connectivity index (χ0v) is 20.6. The molecule has 0 saturated carbocycles. The molecule has 4 aromatic rings. The Morgan fingerprint density at radius 2 is 1.00 bits per heavy atom. The van der Waals surface area contributed by atoms with Crippen LogP contribution in [0.3, 0.4) is 0 Å². The van der Waals surface area contributed by atoms with Crippen molar-refractivity contribution >= 4 is 11.4 Å².